The molecule has 2 aliphatic rings. The van der Waals surface area contributed by atoms with Crippen LogP contribution in [0.25, 0.3) is 0 Å². The number of likely N-dealkylation sites (tertiary alicyclic amines) is 1. The van der Waals surface area contributed by atoms with E-state index in [2.05, 4.69) is 10.2 Å². The Bertz CT molecular complexity index is 104. The minimum absolute atomic E-state index is 0.832. The quantitative estimate of drug-likeness (QED) is 0.599. The van der Waals surface area contributed by atoms with Gasteiger partial charge >= 0.3 is 0 Å². The second-order valence-electron chi connectivity index (χ2n) is 3.45. The second-order valence-corrected chi connectivity index (χ2v) is 3.45. The van der Waals surface area contributed by atoms with Crippen molar-refractivity contribution in [3.8, 4) is 0 Å². The molecule has 0 aromatic heterocycles. The lowest BCUT2D eigenvalue weighted by Crippen LogP contribution is -2.49. The van der Waals surface area contributed by atoms with E-state index >= 15 is 0 Å². The Morgan fingerprint density at radius 2 is 2.00 bits per heavy atom. The monoisotopic (exact) mass is 140 g/mol. The van der Waals surface area contributed by atoms with Crippen molar-refractivity contribution in [2.75, 3.05) is 26.2 Å². The van der Waals surface area contributed by atoms with Crippen LogP contribution in [-0.2, 0) is 0 Å². The fraction of sp³-hybridized carbons (Fsp3) is 1.00. The van der Waals surface area contributed by atoms with E-state index < -0.39 is 0 Å². The van der Waals surface area contributed by atoms with Gasteiger partial charge in [-0.15, -0.1) is 0 Å². The van der Waals surface area contributed by atoms with Gasteiger partial charge < -0.3 is 10.2 Å². The molecule has 0 aromatic rings. The smallest absolute Gasteiger partial charge is 0.0207 e. The molecule has 0 aliphatic carbocycles. The molecule has 2 fully saturated rings. The molecule has 2 heterocycles. The normalized spacial score (nSPS) is 34.2. The summed E-state index contributed by atoms with van der Waals surface area (Å²) in [5.74, 6) is 0. The van der Waals surface area contributed by atoms with Crippen LogP contribution in [0, 0.1) is 0 Å². The highest BCUT2D eigenvalue weighted by molar-refractivity contribution is 4.82. The minimum Gasteiger partial charge on any atom is -0.313 e. The number of nitrogens with zero attached hydrogens (tertiary/aromatic N) is 1. The van der Waals surface area contributed by atoms with Gasteiger partial charge in [0.2, 0.25) is 0 Å². The van der Waals surface area contributed by atoms with Crippen LogP contribution in [0.3, 0.4) is 0 Å². The number of nitrogens with one attached hydrogen (secondary N) is 1. The molecule has 0 spiro atoms. The predicted molar refractivity (Wildman–Crippen MR) is 42.1 cm³/mol. The van der Waals surface area contributed by atoms with E-state index in [0.717, 1.165) is 6.04 Å². The van der Waals surface area contributed by atoms with Crippen LogP contribution in [0.2, 0.25) is 0 Å². The van der Waals surface area contributed by atoms with Gasteiger partial charge in [-0.05, 0) is 38.9 Å². The summed E-state index contributed by atoms with van der Waals surface area (Å²) in [6, 6.07) is 0.832. The Morgan fingerprint density at radius 1 is 1.30 bits per heavy atom. The molecule has 2 aliphatic heterocycles. The van der Waals surface area contributed by atoms with Gasteiger partial charge in [0.15, 0.2) is 0 Å². The molecule has 2 nitrogen and oxygen atoms in total. The van der Waals surface area contributed by atoms with Crippen molar-refractivity contribution in [3.63, 3.8) is 0 Å². The van der Waals surface area contributed by atoms with Crippen LogP contribution in [0.1, 0.15) is 19.3 Å². The first-order valence-electron chi connectivity index (χ1n) is 4.41. The fourth-order valence-corrected chi connectivity index (χ4v) is 1.78. The maximum Gasteiger partial charge on any atom is 0.0207 e. The van der Waals surface area contributed by atoms with Crippen LogP contribution in [-0.4, -0.2) is 37.1 Å². The Hall–Kier alpha value is -0.0800. The zero-order valence-corrected chi connectivity index (χ0v) is 6.47. The predicted octanol–water partition coefficient (Wildman–Crippen LogP) is 0.444. The molecule has 0 aromatic carbocycles. The molecule has 2 saturated heterocycles. The first-order chi connectivity index (χ1) is 4.95. The van der Waals surface area contributed by atoms with Gasteiger partial charge in [-0.1, -0.05) is 0 Å². The Labute approximate surface area is 62.6 Å². The van der Waals surface area contributed by atoms with Gasteiger partial charge in [0, 0.05) is 12.6 Å². The Morgan fingerprint density at radius 3 is 2.50 bits per heavy atom. The molecule has 2 heteroatoms. The van der Waals surface area contributed by atoms with E-state index in [9.17, 15) is 0 Å². The lowest BCUT2D eigenvalue weighted by molar-refractivity contribution is 0.242. The van der Waals surface area contributed by atoms with E-state index in [1.165, 1.54) is 45.4 Å². The summed E-state index contributed by atoms with van der Waals surface area (Å²) in [7, 11) is 0. The summed E-state index contributed by atoms with van der Waals surface area (Å²) >= 11 is 0. The third kappa shape index (κ3) is 1.32. The lowest BCUT2D eigenvalue weighted by Gasteiger charge is -2.31. The topological polar surface area (TPSA) is 15.3 Å². The lowest BCUT2D eigenvalue weighted by atomic mass is 10.1. The molecule has 0 radical (unpaired) electrons. The minimum atomic E-state index is 0.832. The third-order valence-corrected chi connectivity index (χ3v) is 2.60. The molecular formula is C8H16N2. The van der Waals surface area contributed by atoms with Crippen LogP contribution in [0.4, 0.5) is 0 Å². The zero-order valence-electron chi connectivity index (χ0n) is 6.47. The molecule has 10 heavy (non-hydrogen) atoms. The van der Waals surface area contributed by atoms with Crippen molar-refractivity contribution in [1.82, 2.24) is 10.2 Å². The molecule has 0 unspecified atom stereocenters. The summed E-state index contributed by atoms with van der Waals surface area (Å²) in [6.45, 7) is 5.24. The van der Waals surface area contributed by atoms with Gasteiger partial charge in [0.1, 0.15) is 0 Å². The van der Waals surface area contributed by atoms with E-state index in [1.54, 1.807) is 0 Å². The summed E-state index contributed by atoms with van der Waals surface area (Å²) in [6.07, 6.45) is 4.25. The Balaban J connectivity index is 1.68. The maximum absolute atomic E-state index is 3.43. The molecule has 1 atom stereocenters. The third-order valence-electron chi connectivity index (χ3n) is 2.60. The molecule has 58 valence electrons. The number of hydrogen-bond acceptors (Lipinski definition) is 2. The second kappa shape index (κ2) is 2.89. The molecular weight excluding hydrogens is 124 g/mol. The van der Waals surface area contributed by atoms with Gasteiger partial charge in [-0.25, -0.2) is 0 Å². The van der Waals surface area contributed by atoms with Crippen molar-refractivity contribution < 1.29 is 0 Å². The summed E-state index contributed by atoms with van der Waals surface area (Å²) in [5, 5.41) is 3.43. The molecule has 0 bridgehead atoms. The highest BCUT2D eigenvalue weighted by Crippen LogP contribution is 2.11. The average molecular weight is 140 g/mol. The van der Waals surface area contributed by atoms with Crippen molar-refractivity contribution in [1.29, 1.82) is 0 Å². The van der Waals surface area contributed by atoms with Gasteiger partial charge in [0.25, 0.3) is 0 Å². The first kappa shape index (κ1) is 6.62. The standard InChI is InChI=1S/C8H16N2/c1-2-6-10(5-1)7-8-3-4-9-8/h8-9H,1-7H2/t8-/m0/s1. The van der Waals surface area contributed by atoms with Crippen LogP contribution in [0.15, 0.2) is 0 Å². The van der Waals surface area contributed by atoms with Crippen molar-refractivity contribution in [2.45, 2.75) is 25.3 Å². The summed E-state index contributed by atoms with van der Waals surface area (Å²) in [4.78, 5) is 2.58. The van der Waals surface area contributed by atoms with Gasteiger partial charge in [-0.2, -0.15) is 0 Å². The summed E-state index contributed by atoms with van der Waals surface area (Å²) < 4.78 is 0. The van der Waals surface area contributed by atoms with Crippen molar-refractivity contribution in [2.24, 2.45) is 0 Å². The van der Waals surface area contributed by atoms with E-state index in [0.29, 0.717) is 0 Å². The molecule has 0 amide bonds. The molecule has 0 saturated carbocycles. The van der Waals surface area contributed by atoms with Crippen LogP contribution >= 0.6 is 0 Å². The van der Waals surface area contributed by atoms with Gasteiger partial charge in [-0.3, -0.25) is 0 Å². The highest BCUT2D eigenvalue weighted by Gasteiger charge is 2.21. The van der Waals surface area contributed by atoms with E-state index in [4.69, 9.17) is 0 Å². The van der Waals surface area contributed by atoms with Crippen molar-refractivity contribution in [3.05, 3.63) is 0 Å². The highest BCUT2D eigenvalue weighted by atomic mass is 15.2. The SMILES string of the molecule is C1CCN(C[C@@H]2CCN2)C1. The average Bonchev–Trinajstić information content (AvgIpc) is 2.29. The summed E-state index contributed by atoms with van der Waals surface area (Å²) in [5.41, 5.74) is 0. The molecule has 2 rings (SSSR count). The van der Waals surface area contributed by atoms with Crippen molar-refractivity contribution >= 4 is 0 Å². The fourth-order valence-electron chi connectivity index (χ4n) is 1.78. The number of hydrogen-bond donors (Lipinski definition) is 1. The Kier molecular flexibility index (Phi) is 1.91. The largest absolute Gasteiger partial charge is 0.313 e. The maximum atomic E-state index is 3.43. The zero-order chi connectivity index (χ0) is 6.81. The molecule has 1 N–H and O–H groups in total. The van der Waals surface area contributed by atoms with Crippen LogP contribution in [0.5, 0.6) is 0 Å². The first-order valence-corrected chi connectivity index (χ1v) is 4.41. The number of rotatable bonds is 2. The van der Waals surface area contributed by atoms with E-state index in [-0.39, 0.29) is 0 Å². The van der Waals surface area contributed by atoms with Gasteiger partial charge in [0.05, 0.1) is 0 Å². The van der Waals surface area contributed by atoms with Crippen LogP contribution < -0.4 is 5.32 Å². The van der Waals surface area contributed by atoms with E-state index in [1.807, 2.05) is 0 Å².